The monoisotopic (exact) mass is 360 g/mol. The minimum atomic E-state index is -3.54. The number of hydrogen-bond acceptors (Lipinski definition) is 3. The molecule has 134 valence electrons. The van der Waals surface area contributed by atoms with Crippen molar-refractivity contribution in [1.82, 2.24) is 9.62 Å². The number of hydrogen-bond donors (Lipinski definition) is 1. The summed E-state index contributed by atoms with van der Waals surface area (Å²) >= 11 is 0. The lowest BCUT2D eigenvalue weighted by molar-refractivity contribution is -0.120. The third-order valence-corrected chi connectivity index (χ3v) is 5.83. The van der Waals surface area contributed by atoms with Crippen molar-refractivity contribution in [3.63, 3.8) is 0 Å². The van der Waals surface area contributed by atoms with Gasteiger partial charge in [0.2, 0.25) is 15.9 Å². The number of carbonyl (C=O) groups excluding carboxylic acids is 1. The second-order valence-electron chi connectivity index (χ2n) is 6.15. The largest absolute Gasteiger partial charge is 0.354 e. The van der Waals surface area contributed by atoms with Crippen molar-refractivity contribution >= 4 is 15.9 Å². The van der Waals surface area contributed by atoms with Crippen LogP contribution in [0.4, 0.5) is 0 Å². The molecule has 0 saturated carbocycles. The van der Waals surface area contributed by atoms with E-state index in [2.05, 4.69) is 5.32 Å². The normalized spacial score (nSPS) is 11.5. The lowest BCUT2D eigenvalue weighted by Crippen LogP contribution is -2.36. The number of benzene rings is 2. The molecule has 0 unspecified atom stereocenters. The first-order valence-electron chi connectivity index (χ1n) is 8.14. The van der Waals surface area contributed by atoms with E-state index in [0.29, 0.717) is 0 Å². The maximum absolute atomic E-state index is 12.5. The summed E-state index contributed by atoms with van der Waals surface area (Å²) in [5.74, 6) is -0.120. The average Bonchev–Trinajstić information content (AvgIpc) is 2.57. The van der Waals surface area contributed by atoms with Crippen LogP contribution in [0.3, 0.4) is 0 Å². The van der Waals surface area contributed by atoms with Gasteiger partial charge in [-0.25, -0.2) is 8.42 Å². The van der Waals surface area contributed by atoms with E-state index in [9.17, 15) is 13.2 Å². The molecule has 1 N–H and O–H groups in total. The zero-order valence-electron chi connectivity index (χ0n) is 14.8. The molecular formula is C19H24N2O3S. The van der Waals surface area contributed by atoms with Crippen LogP contribution in [0.2, 0.25) is 0 Å². The second-order valence-corrected chi connectivity index (χ2v) is 8.20. The van der Waals surface area contributed by atoms with Gasteiger partial charge >= 0.3 is 0 Å². The Morgan fingerprint density at radius 2 is 1.48 bits per heavy atom. The molecule has 0 aliphatic rings. The Labute approximate surface area is 149 Å². The number of nitrogens with zero attached hydrogens (tertiary/aromatic N) is 1. The van der Waals surface area contributed by atoms with Crippen molar-refractivity contribution in [2.24, 2.45) is 0 Å². The highest BCUT2D eigenvalue weighted by Gasteiger charge is 2.20. The first-order chi connectivity index (χ1) is 11.8. The van der Waals surface area contributed by atoms with E-state index in [1.54, 1.807) is 24.3 Å². The van der Waals surface area contributed by atoms with E-state index in [4.69, 9.17) is 0 Å². The van der Waals surface area contributed by atoms with Gasteiger partial charge in [0.05, 0.1) is 11.3 Å². The first kappa shape index (κ1) is 19.1. The van der Waals surface area contributed by atoms with Crippen molar-refractivity contribution in [2.45, 2.75) is 25.2 Å². The van der Waals surface area contributed by atoms with Crippen LogP contribution in [0.15, 0.2) is 53.4 Å². The fourth-order valence-electron chi connectivity index (χ4n) is 2.32. The number of amides is 1. The van der Waals surface area contributed by atoms with Gasteiger partial charge in [-0.05, 0) is 31.5 Å². The minimum Gasteiger partial charge on any atom is -0.354 e. The summed E-state index contributed by atoms with van der Waals surface area (Å²) in [6.45, 7) is 4.39. The number of carbonyl (C=O) groups is 1. The van der Waals surface area contributed by atoms with Gasteiger partial charge in [0.25, 0.3) is 0 Å². The van der Waals surface area contributed by atoms with Crippen molar-refractivity contribution in [1.29, 1.82) is 0 Å². The topological polar surface area (TPSA) is 66.5 Å². The molecule has 25 heavy (non-hydrogen) atoms. The Morgan fingerprint density at radius 1 is 0.960 bits per heavy atom. The fraction of sp³-hybridized carbons (Fsp3) is 0.316. The molecule has 0 bridgehead atoms. The predicted molar refractivity (Wildman–Crippen MR) is 98.9 cm³/mol. The Hall–Kier alpha value is -2.18. The Kier molecular flexibility index (Phi) is 6.33. The van der Waals surface area contributed by atoms with Crippen molar-refractivity contribution in [3.8, 4) is 0 Å². The average molecular weight is 360 g/mol. The number of nitrogens with one attached hydrogen (secondary N) is 1. The van der Waals surface area contributed by atoms with Gasteiger partial charge in [-0.2, -0.15) is 4.31 Å². The highest BCUT2D eigenvalue weighted by molar-refractivity contribution is 7.89. The third kappa shape index (κ3) is 5.41. The van der Waals surface area contributed by atoms with Gasteiger partial charge in [0.15, 0.2) is 0 Å². The molecule has 0 spiro atoms. The summed E-state index contributed by atoms with van der Waals surface area (Å²) in [5, 5.41) is 2.76. The summed E-state index contributed by atoms with van der Waals surface area (Å²) in [6, 6.07) is 14.5. The van der Waals surface area contributed by atoms with E-state index < -0.39 is 10.0 Å². The Morgan fingerprint density at radius 3 is 2.04 bits per heavy atom. The van der Waals surface area contributed by atoms with Gasteiger partial charge < -0.3 is 5.32 Å². The van der Waals surface area contributed by atoms with Gasteiger partial charge in [-0.3, -0.25) is 4.79 Å². The van der Waals surface area contributed by atoms with Gasteiger partial charge in [-0.15, -0.1) is 0 Å². The molecule has 0 radical (unpaired) electrons. The third-order valence-electron chi connectivity index (χ3n) is 3.96. The number of aryl methyl sites for hydroxylation is 2. The summed E-state index contributed by atoms with van der Waals surface area (Å²) < 4.78 is 26.2. The number of likely N-dealkylation sites (N-methyl/N-ethyl adjacent to an activating group) is 1. The van der Waals surface area contributed by atoms with Crippen LogP contribution in [0, 0.1) is 13.8 Å². The van der Waals surface area contributed by atoms with E-state index in [-0.39, 0.29) is 30.3 Å². The molecule has 0 heterocycles. The summed E-state index contributed by atoms with van der Waals surface area (Å²) in [4.78, 5) is 12.2. The molecular weight excluding hydrogens is 336 g/mol. The van der Waals surface area contributed by atoms with Gasteiger partial charge in [-0.1, -0.05) is 47.5 Å². The molecule has 0 aromatic heterocycles. The maximum Gasteiger partial charge on any atom is 0.242 e. The number of rotatable bonds is 7. The second kappa shape index (κ2) is 8.27. The smallest absolute Gasteiger partial charge is 0.242 e. The molecule has 2 aromatic rings. The fourth-order valence-corrected chi connectivity index (χ4v) is 3.49. The molecule has 0 aliphatic heterocycles. The van der Waals surface area contributed by atoms with Crippen LogP contribution in [0.5, 0.6) is 0 Å². The molecule has 5 nitrogen and oxygen atoms in total. The van der Waals surface area contributed by atoms with Crippen LogP contribution in [-0.4, -0.2) is 38.8 Å². The van der Waals surface area contributed by atoms with E-state index in [0.717, 1.165) is 16.7 Å². The standard InChI is InChI=1S/C19H24N2O3S/c1-15-4-8-17(9-5-15)14-19(22)20-12-13-21(3)25(23,24)18-10-6-16(2)7-11-18/h4-11H,12-14H2,1-3H3,(H,20,22). The van der Waals surface area contributed by atoms with Crippen LogP contribution in [-0.2, 0) is 21.2 Å². The van der Waals surface area contributed by atoms with Gasteiger partial charge in [0.1, 0.15) is 0 Å². The highest BCUT2D eigenvalue weighted by Crippen LogP contribution is 2.14. The van der Waals surface area contributed by atoms with Crippen LogP contribution in [0.1, 0.15) is 16.7 Å². The lowest BCUT2D eigenvalue weighted by atomic mass is 10.1. The Bertz CT molecular complexity index is 813. The Balaban J connectivity index is 1.84. The molecule has 2 aromatic carbocycles. The lowest BCUT2D eigenvalue weighted by Gasteiger charge is -2.17. The molecule has 0 atom stereocenters. The van der Waals surface area contributed by atoms with Crippen LogP contribution < -0.4 is 5.32 Å². The summed E-state index contributed by atoms with van der Waals surface area (Å²) in [6.07, 6.45) is 0.286. The summed E-state index contributed by atoms with van der Waals surface area (Å²) in [7, 11) is -2.02. The zero-order valence-corrected chi connectivity index (χ0v) is 15.6. The van der Waals surface area contributed by atoms with Gasteiger partial charge in [0, 0.05) is 20.1 Å². The van der Waals surface area contributed by atoms with Crippen molar-refractivity contribution in [2.75, 3.05) is 20.1 Å². The van der Waals surface area contributed by atoms with Crippen molar-refractivity contribution < 1.29 is 13.2 Å². The molecule has 0 aliphatic carbocycles. The van der Waals surface area contributed by atoms with Crippen LogP contribution in [0.25, 0.3) is 0 Å². The van der Waals surface area contributed by atoms with Crippen LogP contribution >= 0.6 is 0 Å². The molecule has 0 fully saturated rings. The van der Waals surface area contributed by atoms with E-state index >= 15 is 0 Å². The molecule has 1 amide bonds. The van der Waals surface area contributed by atoms with E-state index in [1.807, 2.05) is 38.1 Å². The molecule has 0 saturated heterocycles. The summed E-state index contributed by atoms with van der Waals surface area (Å²) in [5.41, 5.74) is 3.08. The van der Waals surface area contributed by atoms with E-state index in [1.165, 1.54) is 11.4 Å². The molecule has 2 rings (SSSR count). The first-order valence-corrected chi connectivity index (χ1v) is 9.58. The highest BCUT2D eigenvalue weighted by atomic mass is 32.2. The van der Waals surface area contributed by atoms with Crippen molar-refractivity contribution in [3.05, 3.63) is 65.2 Å². The maximum atomic E-state index is 12.5. The zero-order chi connectivity index (χ0) is 18.4. The predicted octanol–water partition coefficient (Wildman–Crippen LogP) is 2.28. The molecule has 6 heteroatoms. The minimum absolute atomic E-state index is 0.120. The quantitative estimate of drug-likeness (QED) is 0.824. The number of sulfonamides is 1. The SMILES string of the molecule is Cc1ccc(CC(=O)NCCN(C)S(=O)(=O)c2ccc(C)cc2)cc1.